The molecule has 0 saturated heterocycles. The zero-order valence-electron chi connectivity index (χ0n) is 13.5. The molecule has 114 valence electrons. The Kier molecular flexibility index (Phi) is 16.4. The number of carbonyl (C=O) groups is 1. The van der Waals surface area contributed by atoms with Crippen molar-refractivity contribution in [1.82, 2.24) is 0 Å². The smallest absolute Gasteiger partial charge is 0.333 e. The number of esters is 1. The van der Waals surface area contributed by atoms with Gasteiger partial charge in [0.2, 0.25) is 0 Å². The third kappa shape index (κ3) is 15.1. The van der Waals surface area contributed by atoms with Gasteiger partial charge in [-0.15, -0.1) is 0 Å². The Morgan fingerprint density at radius 2 is 1.74 bits per heavy atom. The monoisotopic (exact) mass is 272 g/mol. The lowest BCUT2D eigenvalue weighted by molar-refractivity contribution is -0.140. The maximum atomic E-state index is 11.1. The summed E-state index contributed by atoms with van der Waals surface area (Å²) in [5, 5.41) is 0. The molecule has 3 heteroatoms. The summed E-state index contributed by atoms with van der Waals surface area (Å²) in [5.41, 5.74) is 0.482. The number of rotatable bonds is 9. The molecule has 0 N–H and O–H groups in total. The fraction of sp³-hybridized carbons (Fsp3) is 0.812. The summed E-state index contributed by atoms with van der Waals surface area (Å²) in [5.74, 6) is 0.248. The summed E-state index contributed by atoms with van der Waals surface area (Å²) in [4.78, 5) is 11.1. The van der Waals surface area contributed by atoms with Gasteiger partial charge in [0.15, 0.2) is 0 Å². The molecule has 0 aromatic rings. The van der Waals surface area contributed by atoms with E-state index in [-0.39, 0.29) is 5.97 Å². The molecule has 19 heavy (non-hydrogen) atoms. The van der Waals surface area contributed by atoms with Gasteiger partial charge in [-0.05, 0) is 33.1 Å². The molecule has 0 spiro atoms. The van der Waals surface area contributed by atoms with Gasteiger partial charge >= 0.3 is 5.97 Å². The molecule has 0 heterocycles. The van der Waals surface area contributed by atoms with Gasteiger partial charge < -0.3 is 9.47 Å². The van der Waals surface area contributed by atoms with Gasteiger partial charge in [0, 0.05) is 18.8 Å². The third-order valence-electron chi connectivity index (χ3n) is 2.75. The van der Waals surface area contributed by atoms with Crippen LogP contribution in [0.15, 0.2) is 12.2 Å². The molecule has 0 bridgehead atoms. The van der Waals surface area contributed by atoms with E-state index in [4.69, 9.17) is 9.47 Å². The second-order valence-electron chi connectivity index (χ2n) is 4.58. The van der Waals surface area contributed by atoms with Crippen molar-refractivity contribution in [2.45, 2.75) is 60.3 Å². The second kappa shape index (κ2) is 15.2. The summed E-state index contributed by atoms with van der Waals surface area (Å²) >= 11 is 0. The number of hydrogen-bond acceptors (Lipinski definition) is 3. The Balaban J connectivity index is 0. The molecule has 0 rings (SSSR count). The second-order valence-corrected chi connectivity index (χ2v) is 4.58. The van der Waals surface area contributed by atoms with Crippen molar-refractivity contribution < 1.29 is 14.3 Å². The van der Waals surface area contributed by atoms with Crippen molar-refractivity contribution in [1.29, 1.82) is 0 Å². The predicted molar refractivity (Wildman–Crippen MR) is 81.2 cm³/mol. The van der Waals surface area contributed by atoms with Crippen molar-refractivity contribution in [3.05, 3.63) is 12.2 Å². The van der Waals surface area contributed by atoms with E-state index in [0.29, 0.717) is 18.1 Å². The number of ether oxygens (including phenoxy) is 2. The van der Waals surface area contributed by atoms with Crippen molar-refractivity contribution in [2.24, 2.45) is 5.92 Å². The van der Waals surface area contributed by atoms with Crippen LogP contribution in [0.3, 0.4) is 0 Å². The zero-order chi connectivity index (χ0) is 15.1. The van der Waals surface area contributed by atoms with Crippen molar-refractivity contribution in [2.75, 3.05) is 19.8 Å². The standard InChI is InChI=1S/C12H22O2.C4H10O/c1-5-7-8-11(6-2)9-14-12(13)10(3)4;1-3-5-4-2/h11H,3,5-9H2,1-2,4H3;3-4H2,1-2H3. The van der Waals surface area contributed by atoms with E-state index in [0.717, 1.165) is 26.1 Å². The molecule has 0 saturated carbocycles. The minimum absolute atomic E-state index is 0.264. The van der Waals surface area contributed by atoms with E-state index < -0.39 is 0 Å². The van der Waals surface area contributed by atoms with Crippen LogP contribution in [0.25, 0.3) is 0 Å². The maximum absolute atomic E-state index is 11.1. The lowest BCUT2D eigenvalue weighted by atomic mass is 10.0. The lowest BCUT2D eigenvalue weighted by Crippen LogP contribution is -2.14. The van der Waals surface area contributed by atoms with Gasteiger partial charge in [0.25, 0.3) is 0 Å². The van der Waals surface area contributed by atoms with Gasteiger partial charge in [-0.25, -0.2) is 4.79 Å². The molecular weight excluding hydrogens is 240 g/mol. The number of carbonyl (C=O) groups excluding carboxylic acids is 1. The molecule has 0 aliphatic heterocycles. The molecular formula is C16H32O3. The van der Waals surface area contributed by atoms with Crippen LogP contribution in [-0.4, -0.2) is 25.8 Å². The third-order valence-corrected chi connectivity index (χ3v) is 2.75. The first-order chi connectivity index (χ1) is 9.03. The Hall–Kier alpha value is -0.830. The van der Waals surface area contributed by atoms with E-state index in [1.54, 1.807) is 6.92 Å². The summed E-state index contributed by atoms with van der Waals surface area (Å²) in [6.07, 6.45) is 4.63. The highest BCUT2D eigenvalue weighted by Crippen LogP contribution is 2.13. The summed E-state index contributed by atoms with van der Waals surface area (Å²) in [7, 11) is 0. The molecule has 1 unspecified atom stereocenters. The van der Waals surface area contributed by atoms with Crippen LogP contribution in [0, 0.1) is 5.92 Å². The van der Waals surface area contributed by atoms with Gasteiger partial charge in [-0.2, -0.15) is 0 Å². The van der Waals surface area contributed by atoms with Gasteiger partial charge in [0.05, 0.1) is 6.61 Å². The summed E-state index contributed by atoms with van der Waals surface area (Å²) in [6.45, 7) is 15.7. The highest BCUT2D eigenvalue weighted by atomic mass is 16.5. The van der Waals surface area contributed by atoms with Crippen LogP contribution in [0.5, 0.6) is 0 Å². The quantitative estimate of drug-likeness (QED) is 0.462. The zero-order valence-corrected chi connectivity index (χ0v) is 13.5. The van der Waals surface area contributed by atoms with Crippen LogP contribution in [-0.2, 0) is 14.3 Å². The fourth-order valence-corrected chi connectivity index (χ4v) is 1.42. The maximum Gasteiger partial charge on any atom is 0.333 e. The van der Waals surface area contributed by atoms with Crippen molar-refractivity contribution in [3.8, 4) is 0 Å². The van der Waals surface area contributed by atoms with E-state index in [1.807, 2.05) is 13.8 Å². The van der Waals surface area contributed by atoms with Crippen LogP contribution < -0.4 is 0 Å². The number of unbranched alkanes of at least 4 members (excludes halogenated alkanes) is 1. The lowest BCUT2D eigenvalue weighted by Gasteiger charge is -2.14. The van der Waals surface area contributed by atoms with Crippen molar-refractivity contribution >= 4 is 5.97 Å². The first-order valence-electron chi connectivity index (χ1n) is 7.43. The Labute approximate surface area is 119 Å². The molecule has 1 atom stereocenters. The van der Waals surface area contributed by atoms with Crippen LogP contribution in [0.2, 0.25) is 0 Å². The van der Waals surface area contributed by atoms with Gasteiger partial charge in [-0.3, -0.25) is 0 Å². The Morgan fingerprint density at radius 3 is 2.05 bits per heavy atom. The minimum atomic E-state index is -0.264. The minimum Gasteiger partial charge on any atom is -0.462 e. The van der Waals surface area contributed by atoms with Gasteiger partial charge in [0.1, 0.15) is 0 Å². The van der Waals surface area contributed by atoms with Crippen LogP contribution in [0.4, 0.5) is 0 Å². The average molecular weight is 272 g/mol. The highest BCUT2D eigenvalue weighted by molar-refractivity contribution is 5.86. The largest absolute Gasteiger partial charge is 0.462 e. The average Bonchev–Trinajstić information content (AvgIpc) is 2.40. The number of hydrogen-bond donors (Lipinski definition) is 0. The molecule has 0 fully saturated rings. The first kappa shape index (κ1) is 20.5. The molecule has 0 aliphatic rings. The molecule has 0 aliphatic carbocycles. The molecule has 0 aromatic heterocycles. The normalized spacial score (nSPS) is 11.2. The fourth-order valence-electron chi connectivity index (χ4n) is 1.42. The summed E-state index contributed by atoms with van der Waals surface area (Å²) < 4.78 is 9.95. The van der Waals surface area contributed by atoms with Gasteiger partial charge in [-0.1, -0.05) is 39.7 Å². The van der Waals surface area contributed by atoms with E-state index >= 15 is 0 Å². The predicted octanol–water partition coefficient (Wildman–Crippen LogP) is 4.36. The molecule has 3 nitrogen and oxygen atoms in total. The Morgan fingerprint density at radius 1 is 1.16 bits per heavy atom. The van der Waals surface area contributed by atoms with E-state index in [1.165, 1.54) is 12.8 Å². The van der Waals surface area contributed by atoms with E-state index in [2.05, 4.69) is 20.4 Å². The molecule has 0 amide bonds. The SMILES string of the molecule is C=C(C)C(=O)OCC(CC)CCCC.CCOCC. The molecule has 0 aromatic carbocycles. The first-order valence-corrected chi connectivity index (χ1v) is 7.43. The highest BCUT2D eigenvalue weighted by Gasteiger charge is 2.09. The van der Waals surface area contributed by atoms with Crippen molar-refractivity contribution in [3.63, 3.8) is 0 Å². The summed E-state index contributed by atoms with van der Waals surface area (Å²) in [6, 6.07) is 0. The topological polar surface area (TPSA) is 35.5 Å². The van der Waals surface area contributed by atoms with E-state index in [9.17, 15) is 4.79 Å². The van der Waals surface area contributed by atoms with Crippen LogP contribution >= 0.6 is 0 Å². The molecule has 0 radical (unpaired) electrons. The van der Waals surface area contributed by atoms with Crippen LogP contribution in [0.1, 0.15) is 60.3 Å². The Bertz CT molecular complexity index is 222.